The molecule has 1 N–H and O–H groups in total. The first-order valence-corrected chi connectivity index (χ1v) is 9.43. The standard InChI is InChI=1S/C20H21F2N3O3/c21-14-2-3-16(17(22)10-14)20(6-1-7-20)19(28)24-8-4-15(5-9-24)25-12-13(11-23-25)18(26)27/h2-3,10-12,15H,1,4-9H2,(H,26,27). The summed E-state index contributed by atoms with van der Waals surface area (Å²) in [4.78, 5) is 26.0. The van der Waals surface area contributed by atoms with Crippen molar-refractivity contribution >= 4 is 11.9 Å². The third kappa shape index (κ3) is 3.06. The smallest absolute Gasteiger partial charge is 0.338 e. The molecule has 0 radical (unpaired) electrons. The SMILES string of the molecule is O=C(O)c1cnn(C2CCN(C(=O)C3(c4ccc(F)cc4F)CCC3)CC2)c1. The van der Waals surface area contributed by atoms with Crippen molar-refractivity contribution in [1.29, 1.82) is 0 Å². The Bertz CT molecular complexity index is 915. The van der Waals surface area contributed by atoms with Crippen LogP contribution in [-0.2, 0) is 10.2 Å². The van der Waals surface area contributed by atoms with Gasteiger partial charge in [0.1, 0.15) is 11.6 Å². The van der Waals surface area contributed by atoms with Gasteiger partial charge in [-0.1, -0.05) is 12.5 Å². The van der Waals surface area contributed by atoms with Gasteiger partial charge in [-0.25, -0.2) is 13.6 Å². The molecule has 0 atom stereocenters. The van der Waals surface area contributed by atoms with Crippen LogP contribution in [0.25, 0.3) is 0 Å². The van der Waals surface area contributed by atoms with Gasteiger partial charge in [-0.3, -0.25) is 9.48 Å². The van der Waals surface area contributed by atoms with Gasteiger partial charge in [0.15, 0.2) is 0 Å². The van der Waals surface area contributed by atoms with Crippen LogP contribution in [-0.4, -0.2) is 44.8 Å². The highest BCUT2D eigenvalue weighted by molar-refractivity contribution is 5.89. The number of rotatable bonds is 4. The van der Waals surface area contributed by atoms with Crippen molar-refractivity contribution in [3.05, 3.63) is 53.4 Å². The largest absolute Gasteiger partial charge is 0.478 e. The maximum Gasteiger partial charge on any atom is 0.338 e. The maximum absolute atomic E-state index is 14.4. The topological polar surface area (TPSA) is 75.4 Å². The van der Waals surface area contributed by atoms with Crippen LogP contribution in [0.2, 0.25) is 0 Å². The van der Waals surface area contributed by atoms with E-state index in [1.807, 2.05) is 0 Å². The molecule has 0 spiro atoms. The molecule has 1 saturated heterocycles. The van der Waals surface area contributed by atoms with Crippen molar-refractivity contribution in [3.63, 3.8) is 0 Å². The van der Waals surface area contributed by atoms with Crippen LogP contribution in [0.5, 0.6) is 0 Å². The molecule has 0 bridgehead atoms. The molecule has 1 saturated carbocycles. The zero-order chi connectivity index (χ0) is 19.9. The highest BCUT2D eigenvalue weighted by Gasteiger charge is 2.49. The molecule has 2 fully saturated rings. The summed E-state index contributed by atoms with van der Waals surface area (Å²) >= 11 is 0. The van der Waals surface area contributed by atoms with Crippen LogP contribution in [0.1, 0.15) is 54.1 Å². The lowest BCUT2D eigenvalue weighted by atomic mass is 9.63. The number of hydrogen-bond acceptors (Lipinski definition) is 3. The molecular weight excluding hydrogens is 368 g/mol. The second-order valence-corrected chi connectivity index (χ2v) is 7.60. The first-order valence-electron chi connectivity index (χ1n) is 9.43. The summed E-state index contributed by atoms with van der Waals surface area (Å²) < 4.78 is 29.3. The molecule has 1 aromatic carbocycles. The van der Waals surface area contributed by atoms with Crippen molar-refractivity contribution in [2.45, 2.75) is 43.6 Å². The minimum Gasteiger partial charge on any atom is -0.478 e. The van der Waals surface area contributed by atoms with Crippen LogP contribution in [0.15, 0.2) is 30.6 Å². The highest BCUT2D eigenvalue weighted by Crippen LogP contribution is 2.46. The number of benzene rings is 1. The quantitative estimate of drug-likeness (QED) is 0.872. The van der Waals surface area contributed by atoms with Crippen molar-refractivity contribution in [2.24, 2.45) is 0 Å². The van der Waals surface area contributed by atoms with E-state index >= 15 is 0 Å². The van der Waals surface area contributed by atoms with Crippen molar-refractivity contribution in [3.8, 4) is 0 Å². The van der Waals surface area contributed by atoms with Crippen LogP contribution in [0.3, 0.4) is 0 Å². The summed E-state index contributed by atoms with van der Waals surface area (Å²) in [5.41, 5.74) is -0.476. The molecule has 8 heteroatoms. The molecule has 2 aromatic rings. The summed E-state index contributed by atoms with van der Waals surface area (Å²) in [7, 11) is 0. The van der Waals surface area contributed by atoms with E-state index in [-0.39, 0.29) is 23.1 Å². The first kappa shape index (κ1) is 18.6. The number of halogens is 2. The monoisotopic (exact) mass is 389 g/mol. The number of nitrogens with zero attached hydrogens (tertiary/aromatic N) is 3. The van der Waals surface area contributed by atoms with E-state index in [4.69, 9.17) is 5.11 Å². The van der Waals surface area contributed by atoms with Crippen LogP contribution >= 0.6 is 0 Å². The number of hydrogen-bond donors (Lipinski definition) is 1. The molecular formula is C20H21F2N3O3. The fourth-order valence-electron chi connectivity index (χ4n) is 4.29. The number of aromatic carboxylic acids is 1. The molecule has 2 heterocycles. The van der Waals surface area contributed by atoms with Gasteiger partial charge in [-0.05, 0) is 31.7 Å². The fraction of sp³-hybridized carbons (Fsp3) is 0.450. The Morgan fingerprint density at radius 2 is 1.89 bits per heavy atom. The Labute approximate surface area is 160 Å². The number of carboxylic acids is 1. The lowest BCUT2D eigenvalue weighted by Gasteiger charge is -2.45. The minimum atomic E-state index is -1.02. The molecule has 1 aromatic heterocycles. The van der Waals surface area contributed by atoms with Gasteiger partial charge in [-0.15, -0.1) is 0 Å². The van der Waals surface area contributed by atoms with Gasteiger partial charge in [0.2, 0.25) is 5.91 Å². The molecule has 6 nitrogen and oxygen atoms in total. The number of carbonyl (C=O) groups is 2. The van der Waals surface area contributed by atoms with Gasteiger partial charge in [0.05, 0.1) is 23.2 Å². The number of piperidine rings is 1. The number of aromatic nitrogens is 2. The van der Waals surface area contributed by atoms with Gasteiger partial charge < -0.3 is 10.0 Å². The third-order valence-electron chi connectivity index (χ3n) is 6.04. The van der Waals surface area contributed by atoms with Crippen molar-refractivity contribution in [1.82, 2.24) is 14.7 Å². The molecule has 0 unspecified atom stereocenters. The van der Waals surface area contributed by atoms with Crippen LogP contribution < -0.4 is 0 Å². The second-order valence-electron chi connectivity index (χ2n) is 7.60. The number of likely N-dealkylation sites (tertiary alicyclic amines) is 1. The Kier molecular flexibility index (Phi) is 4.64. The molecule has 1 aliphatic carbocycles. The van der Waals surface area contributed by atoms with E-state index < -0.39 is 23.0 Å². The molecule has 1 amide bonds. The summed E-state index contributed by atoms with van der Waals surface area (Å²) in [6.45, 7) is 0.993. The molecule has 4 rings (SSSR count). The second kappa shape index (κ2) is 7.00. The zero-order valence-electron chi connectivity index (χ0n) is 15.3. The maximum atomic E-state index is 14.4. The predicted octanol–water partition coefficient (Wildman–Crippen LogP) is 3.14. The minimum absolute atomic E-state index is 0.0250. The summed E-state index contributed by atoms with van der Waals surface area (Å²) in [5.74, 6) is -2.44. The average molecular weight is 389 g/mol. The van der Waals surface area contributed by atoms with Gasteiger partial charge in [0.25, 0.3) is 0 Å². The van der Waals surface area contributed by atoms with Gasteiger partial charge in [-0.2, -0.15) is 5.10 Å². The highest BCUT2D eigenvalue weighted by atomic mass is 19.1. The number of carboxylic acid groups (broad SMARTS) is 1. The number of carbonyl (C=O) groups excluding carboxylic acids is 1. The normalized spacial score (nSPS) is 19.3. The third-order valence-corrected chi connectivity index (χ3v) is 6.04. The fourth-order valence-corrected chi connectivity index (χ4v) is 4.29. The van der Waals surface area contributed by atoms with Gasteiger partial charge in [0, 0.05) is 30.9 Å². The molecule has 1 aliphatic heterocycles. The summed E-state index contributed by atoms with van der Waals surface area (Å²) in [6.07, 6.45) is 6.09. The van der Waals surface area contributed by atoms with E-state index in [2.05, 4.69) is 5.10 Å². The average Bonchev–Trinajstić information content (AvgIpc) is 3.13. The molecule has 148 valence electrons. The number of amides is 1. The summed E-state index contributed by atoms with van der Waals surface area (Å²) in [6, 6.07) is 3.46. The van der Waals surface area contributed by atoms with Crippen molar-refractivity contribution in [2.75, 3.05) is 13.1 Å². The van der Waals surface area contributed by atoms with Crippen LogP contribution in [0.4, 0.5) is 8.78 Å². The van der Waals surface area contributed by atoms with E-state index in [1.165, 1.54) is 24.5 Å². The lowest BCUT2D eigenvalue weighted by Crippen LogP contribution is -2.53. The van der Waals surface area contributed by atoms with E-state index in [0.29, 0.717) is 38.8 Å². The van der Waals surface area contributed by atoms with E-state index in [1.54, 1.807) is 9.58 Å². The Morgan fingerprint density at radius 3 is 2.43 bits per heavy atom. The Hall–Kier alpha value is -2.77. The predicted molar refractivity (Wildman–Crippen MR) is 95.9 cm³/mol. The Morgan fingerprint density at radius 1 is 1.18 bits per heavy atom. The molecule has 28 heavy (non-hydrogen) atoms. The zero-order valence-corrected chi connectivity index (χ0v) is 15.3. The van der Waals surface area contributed by atoms with Crippen LogP contribution in [0, 0.1) is 11.6 Å². The first-order chi connectivity index (χ1) is 13.4. The van der Waals surface area contributed by atoms with Gasteiger partial charge >= 0.3 is 5.97 Å². The van der Waals surface area contributed by atoms with E-state index in [9.17, 15) is 18.4 Å². The van der Waals surface area contributed by atoms with Crippen molar-refractivity contribution < 1.29 is 23.5 Å². The van der Waals surface area contributed by atoms with E-state index in [0.717, 1.165) is 12.5 Å². The lowest BCUT2D eigenvalue weighted by molar-refractivity contribution is -0.142. The summed E-state index contributed by atoms with van der Waals surface area (Å²) in [5, 5.41) is 13.1. The Balaban J connectivity index is 1.47. The molecule has 2 aliphatic rings.